The molecule has 0 heterocycles. The largest absolute Gasteiger partial charge is 0.494 e. The predicted molar refractivity (Wildman–Crippen MR) is 172 cm³/mol. The van der Waals surface area contributed by atoms with Crippen molar-refractivity contribution in [1.29, 1.82) is 0 Å². The number of ether oxygens (including phenoxy) is 1. The van der Waals surface area contributed by atoms with Gasteiger partial charge in [-0.1, -0.05) is 60.8 Å². The number of carbonyl (C=O) groups is 2. The van der Waals surface area contributed by atoms with Crippen LogP contribution in [0.15, 0.2) is 71.6 Å². The highest BCUT2D eigenvalue weighted by Crippen LogP contribution is 2.28. The first-order chi connectivity index (χ1) is 20.4. The van der Waals surface area contributed by atoms with Gasteiger partial charge in [-0.15, -0.1) is 0 Å². The number of amides is 2. The van der Waals surface area contributed by atoms with Crippen LogP contribution >= 0.6 is 23.2 Å². The summed E-state index contributed by atoms with van der Waals surface area (Å²) < 4.78 is 34.6. The number of carbonyl (C=O) groups excluding carboxylic acids is 2. The third kappa shape index (κ3) is 8.87. The molecule has 0 bridgehead atoms. The SMILES string of the molecule is CCOc1ccc(N(CC(=O)N(Cc2ccc(Cl)c(Cl)c2)[C@H](CC)C(=O)N[C@@H](C)CC)S(=O)(=O)c2ccc(C)cc2)cc1. The van der Waals surface area contributed by atoms with Crippen molar-refractivity contribution in [1.82, 2.24) is 10.2 Å². The van der Waals surface area contributed by atoms with Crippen molar-refractivity contribution in [2.45, 2.75) is 71.0 Å². The van der Waals surface area contributed by atoms with Gasteiger partial charge in [0.2, 0.25) is 11.8 Å². The Balaban J connectivity index is 2.08. The molecule has 0 aliphatic rings. The van der Waals surface area contributed by atoms with Gasteiger partial charge < -0.3 is 15.0 Å². The van der Waals surface area contributed by atoms with Crippen LogP contribution in [0.25, 0.3) is 0 Å². The van der Waals surface area contributed by atoms with E-state index in [0.717, 1.165) is 9.87 Å². The van der Waals surface area contributed by atoms with Crippen LogP contribution < -0.4 is 14.4 Å². The van der Waals surface area contributed by atoms with Crippen LogP contribution in [0.2, 0.25) is 10.0 Å². The number of hydrogen-bond donors (Lipinski definition) is 1. The summed E-state index contributed by atoms with van der Waals surface area (Å²) in [7, 11) is -4.18. The summed E-state index contributed by atoms with van der Waals surface area (Å²) in [6.45, 7) is 9.29. The molecule has 0 aliphatic carbocycles. The van der Waals surface area contributed by atoms with Crippen molar-refractivity contribution >= 4 is 50.7 Å². The molecular weight excluding hydrogens is 609 g/mol. The number of hydrogen-bond acceptors (Lipinski definition) is 5. The third-order valence-electron chi connectivity index (χ3n) is 7.05. The number of aryl methyl sites for hydroxylation is 1. The average molecular weight is 649 g/mol. The molecule has 3 rings (SSSR count). The smallest absolute Gasteiger partial charge is 0.264 e. The summed E-state index contributed by atoms with van der Waals surface area (Å²) >= 11 is 12.4. The van der Waals surface area contributed by atoms with E-state index < -0.39 is 28.5 Å². The molecule has 0 radical (unpaired) electrons. The highest BCUT2D eigenvalue weighted by molar-refractivity contribution is 7.92. The fourth-order valence-corrected chi connectivity index (χ4v) is 6.17. The molecule has 0 spiro atoms. The summed E-state index contributed by atoms with van der Waals surface area (Å²) in [5, 5.41) is 3.63. The maximum absolute atomic E-state index is 14.2. The lowest BCUT2D eigenvalue weighted by Crippen LogP contribution is -2.53. The molecule has 3 aromatic rings. The van der Waals surface area contributed by atoms with Crippen LogP contribution in [0.3, 0.4) is 0 Å². The highest BCUT2D eigenvalue weighted by Gasteiger charge is 2.34. The maximum atomic E-state index is 14.2. The lowest BCUT2D eigenvalue weighted by atomic mass is 10.1. The van der Waals surface area contributed by atoms with Gasteiger partial charge in [-0.05, 0) is 87.7 Å². The summed E-state index contributed by atoms with van der Waals surface area (Å²) in [5.74, 6) is -0.305. The molecule has 232 valence electrons. The number of benzene rings is 3. The van der Waals surface area contributed by atoms with Crippen LogP contribution in [0, 0.1) is 6.92 Å². The van der Waals surface area contributed by atoms with Crippen LogP contribution in [0.1, 0.15) is 51.7 Å². The minimum atomic E-state index is -4.18. The van der Waals surface area contributed by atoms with Crippen LogP contribution in [0.4, 0.5) is 5.69 Å². The van der Waals surface area contributed by atoms with Crippen molar-refractivity contribution in [2.75, 3.05) is 17.5 Å². The molecule has 0 saturated heterocycles. The van der Waals surface area contributed by atoms with Gasteiger partial charge in [0.05, 0.1) is 27.2 Å². The molecule has 0 unspecified atom stereocenters. The number of nitrogens with one attached hydrogen (secondary N) is 1. The number of sulfonamides is 1. The molecule has 3 aromatic carbocycles. The zero-order chi connectivity index (χ0) is 31.7. The lowest BCUT2D eigenvalue weighted by molar-refractivity contribution is -0.140. The van der Waals surface area contributed by atoms with Gasteiger partial charge in [0, 0.05) is 12.6 Å². The van der Waals surface area contributed by atoms with Crippen molar-refractivity contribution in [3.63, 3.8) is 0 Å². The number of nitrogens with zero attached hydrogens (tertiary/aromatic N) is 2. The van der Waals surface area contributed by atoms with Crippen LogP contribution in [0.5, 0.6) is 5.75 Å². The molecule has 0 saturated carbocycles. The predicted octanol–water partition coefficient (Wildman–Crippen LogP) is 6.62. The van der Waals surface area contributed by atoms with E-state index in [-0.39, 0.29) is 29.1 Å². The van der Waals surface area contributed by atoms with Crippen LogP contribution in [-0.2, 0) is 26.2 Å². The van der Waals surface area contributed by atoms with Gasteiger partial charge in [0.1, 0.15) is 18.3 Å². The summed E-state index contributed by atoms with van der Waals surface area (Å²) in [6.07, 6.45) is 1.02. The van der Waals surface area contributed by atoms with Crippen molar-refractivity contribution in [3.05, 3.63) is 87.9 Å². The molecule has 2 amide bonds. The van der Waals surface area contributed by atoms with Gasteiger partial charge in [-0.2, -0.15) is 0 Å². The summed E-state index contributed by atoms with van der Waals surface area (Å²) in [4.78, 5) is 29.1. The Hall–Kier alpha value is -3.27. The molecule has 2 atom stereocenters. The number of halogens is 2. The normalized spacial score (nSPS) is 12.7. The standard InChI is InChI=1S/C32H39Cl2N3O5S/c1-6-23(5)35-32(39)30(7-2)36(20-24-11-18-28(33)29(34)19-24)31(38)21-37(25-12-14-26(15-13-25)42-8-3)43(40,41)27-16-9-22(4)10-17-27/h9-19,23,30H,6-8,20-21H2,1-5H3,(H,35,39)/t23-,30+/m0/s1. The van der Waals surface area contributed by atoms with Gasteiger partial charge in [0.25, 0.3) is 10.0 Å². The van der Waals surface area contributed by atoms with E-state index >= 15 is 0 Å². The Labute approximate surface area is 265 Å². The first-order valence-corrected chi connectivity index (χ1v) is 16.5. The highest BCUT2D eigenvalue weighted by atomic mass is 35.5. The molecule has 0 aromatic heterocycles. The molecule has 0 fully saturated rings. The first-order valence-electron chi connectivity index (χ1n) is 14.3. The van der Waals surface area contributed by atoms with Crippen molar-refractivity contribution in [3.8, 4) is 5.75 Å². The monoisotopic (exact) mass is 647 g/mol. The van der Waals surface area contributed by atoms with Crippen molar-refractivity contribution in [2.24, 2.45) is 0 Å². The fraction of sp³-hybridized carbons (Fsp3) is 0.375. The summed E-state index contributed by atoms with van der Waals surface area (Å²) in [6, 6.07) is 16.9. The fourth-order valence-electron chi connectivity index (χ4n) is 4.44. The molecular formula is C32H39Cl2N3O5S. The van der Waals surface area contributed by atoms with Gasteiger partial charge in [-0.3, -0.25) is 13.9 Å². The molecule has 8 nitrogen and oxygen atoms in total. The Kier molecular flexibility index (Phi) is 12.3. The second-order valence-electron chi connectivity index (χ2n) is 10.3. The lowest BCUT2D eigenvalue weighted by Gasteiger charge is -2.33. The summed E-state index contributed by atoms with van der Waals surface area (Å²) in [5.41, 5.74) is 1.82. The second kappa shape index (κ2) is 15.5. The molecule has 11 heteroatoms. The maximum Gasteiger partial charge on any atom is 0.264 e. The number of rotatable bonds is 14. The van der Waals surface area contributed by atoms with Gasteiger partial charge >= 0.3 is 0 Å². The van der Waals surface area contributed by atoms with E-state index in [9.17, 15) is 18.0 Å². The Bertz CT molecular complexity index is 1500. The van der Waals surface area contributed by atoms with E-state index in [4.69, 9.17) is 27.9 Å². The van der Waals surface area contributed by atoms with Gasteiger partial charge in [-0.25, -0.2) is 8.42 Å². The Morgan fingerprint density at radius 1 is 0.907 bits per heavy atom. The zero-order valence-corrected chi connectivity index (χ0v) is 27.5. The quantitative estimate of drug-likeness (QED) is 0.212. The Morgan fingerprint density at radius 3 is 2.12 bits per heavy atom. The average Bonchev–Trinajstić information content (AvgIpc) is 2.98. The van der Waals surface area contributed by atoms with E-state index in [0.29, 0.717) is 40.8 Å². The van der Waals surface area contributed by atoms with E-state index in [1.54, 1.807) is 54.6 Å². The first kappa shape index (κ1) is 34.2. The topological polar surface area (TPSA) is 96.0 Å². The van der Waals surface area contributed by atoms with Gasteiger partial charge in [0.15, 0.2) is 0 Å². The Morgan fingerprint density at radius 2 is 1.56 bits per heavy atom. The third-order valence-corrected chi connectivity index (χ3v) is 9.57. The molecule has 1 N–H and O–H groups in total. The van der Waals surface area contributed by atoms with E-state index in [2.05, 4.69) is 5.32 Å². The second-order valence-corrected chi connectivity index (χ2v) is 12.9. The van der Waals surface area contributed by atoms with E-state index in [1.807, 2.05) is 34.6 Å². The van der Waals surface area contributed by atoms with Crippen LogP contribution in [-0.4, -0.2) is 50.4 Å². The minimum Gasteiger partial charge on any atom is -0.494 e. The van der Waals surface area contributed by atoms with E-state index in [1.165, 1.54) is 17.0 Å². The minimum absolute atomic E-state index is 0.0177. The molecule has 0 aliphatic heterocycles. The zero-order valence-electron chi connectivity index (χ0n) is 25.1. The molecule has 43 heavy (non-hydrogen) atoms. The number of anilines is 1. The van der Waals surface area contributed by atoms with Crippen molar-refractivity contribution < 1.29 is 22.7 Å².